The van der Waals surface area contributed by atoms with Gasteiger partial charge in [0, 0.05) is 6.07 Å². The molecule has 0 spiro atoms. The molecule has 23 heavy (non-hydrogen) atoms. The van der Waals surface area contributed by atoms with Crippen LogP contribution >= 0.6 is 0 Å². The third-order valence-corrected chi connectivity index (χ3v) is 2.98. The topological polar surface area (TPSA) is 78.5 Å². The van der Waals surface area contributed by atoms with E-state index in [0.717, 1.165) is 6.07 Å². The van der Waals surface area contributed by atoms with E-state index in [1.165, 1.54) is 4.68 Å². The van der Waals surface area contributed by atoms with E-state index >= 15 is 0 Å². The van der Waals surface area contributed by atoms with Crippen molar-refractivity contribution in [2.45, 2.75) is 12.7 Å². The Morgan fingerprint density at radius 2 is 1.78 bits per heavy atom. The Morgan fingerprint density at radius 3 is 2.48 bits per heavy atom. The summed E-state index contributed by atoms with van der Waals surface area (Å²) in [5, 5.41) is 14.3. The zero-order chi connectivity index (χ0) is 16.4. The Morgan fingerprint density at radius 1 is 1.04 bits per heavy atom. The number of nitrogens with zero attached hydrogens (tertiary/aromatic N) is 6. The van der Waals surface area contributed by atoms with Crippen LogP contribution < -0.4 is 5.56 Å². The fourth-order valence-electron chi connectivity index (χ4n) is 1.92. The van der Waals surface area contributed by atoms with Gasteiger partial charge in [0.1, 0.15) is 6.54 Å². The van der Waals surface area contributed by atoms with Crippen molar-refractivity contribution in [1.29, 1.82) is 0 Å². The fraction of sp³-hybridized carbons (Fsp3) is 0.154. The van der Waals surface area contributed by atoms with Gasteiger partial charge >= 0.3 is 6.18 Å². The Kier molecular flexibility index (Phi) is 3.64. The minimum atomic E-state index is -4.64. The van der Waals surface area contributed by atoms with Gasteiger partial charge in [0.25, 0.3) is 5.56 Å². The second-order valence-corrected chi connectivity index (χ2v) is 4.55. The van der Waals surface area contributed by atoms with Crippen LogP contribution in [-0.4, -0.2) is 30.0 Å². The maximum Gasteiger partial charge on any atom is 0.435 e. The molecule has 0 atom stereocenters. The molecule has 118 valence electrons. The van der Waals surface area contributed by atoms with Crippen LogP contribution in [-0.2, 0) is 12.7 Å². The summed E-state index contributed by atoms with van der Waals surface area (Å²) in [5.41, 5.74) is -1.22. The molecule has 0 bridgehead atoms. The van der Waals surface area contributed by atoms with Gasteiger partial charge in [-0.3, -0.25) is 4.79 Å². The molecule has 0 amide bonds. The molecule has 0 saturated heterocycles. The smallest absolute Gasteiger partial charge is 0.268 e. The van der Waals surface area contributed by atoms with Crippen molar-refractivity contribution in [3.63, 3.8) is 0 Å². The molecular weight excluding hydrogens is 313 g/mol. The van der Waals surface area contributed by atoms with Crippen LogP contribution in [0.4, 0.5) is 13.2 Å². The highest BCUT2D eigenvalue weighted by molar-refractivity contribution is 5.30. The van der Waals surface area contributed by atoms with Gasteiger partial charge in [-0.15, -0.1) is 5.10 Å². The molecular formula is C13H9F3N6O. The number of tetrazole rings is 1. The van der Waals surface area contributed by atoms with E-state index in [4.69, 9.17) is 0 Å². The predicted molar refractivity (Wildman–Crippen MR) is 71.8 cm³/mol. The molecule has 0 radical (unpaired) electrons. The van der Waals surface area contributed by atoms with Gasteiger partial charge in [0.2, 0.25) is 0 Å². The molecule has 0 saturated carbocycles. The highest BCUT2D eigenvalue weighted by atomic mass is 19.4. The average molecular weight is 322 g/mol. The lowest BCUT2D eigenvalue weighted by atomic mass is 10.3. The van der Waals surface area contributed by atoms with E-state index in [2.05, 4.69) is 20.6 Å². The molecule has 0 fully saturated rings. The Labute approximate surface area is 127 Å². The minimum Gasteiger partial charge on any atom is -0.268 e. The van der Waals surface area contributed by atoms with E-state index in [-0.39, 0.29) is 12.4 Å². The molecule has 0 N–H and O–H groups in total. The zero-order valence-electron chi connectivity index (χ0n) is 11.5. The molecule has 3 aromatic rings. The number of alkyl halides is 3. The van der Waals surface area contributed by atoms with Gasteiger partial charge in [-0.25, -0.2) is 4.68 Å². The Hall–Kier alpha value is -3.04. The van der Waals surface area contributed by atoms with Crippen molar-refractivity contribution in [2.24, 2.45) is 0 Å². The van der Waals surface area contributed by atoms with E-state index in [1.807, 2.05) is 0 Å². The summed E-state index contributed by atoms with van der Waals surface area (Å²) in [4.78, 5) is 11.7. The van der Waals surface area contributed by atoms with Crippen molar-refractivity contribution in [2.75, 3.05) is 0 Å². The summed E-state index contributed by atoms with van der Waals surface area (Å²) < 4.78 is 40.1. The van der Waals surface area contributed by atoms with Crippen LogP contribution in [0.15, 0.2) is 47.3 Å². The average Bonchev–Trinajstić information content (AvgIpc) is 2.97. The minimum absolute atomic E-state index is 0.185. The summed E-state index contributed by atoms with van der Waals surface area (Å²) in [6.07, 6.45) is -4.64. The molecule has 2 heterocycles. The van der Waals surface area contributed by atoms with Crippen LogP contribution in [0.5, 0.6) is 0 Å². The van der Waals surface area contributed by atoms with Crippen molar-refractivity contribution in [3.8, 4) is 5.69 Å². The third-order valence-electron chi connectivity index (χ3n) is 2.98. The lowest BCUT2D eigenvalue weighted by molar-refractivity contribution is -0.142. The molecule has 0 aliphatic rings. The van der Waals surface area contributed by atoms with Crippen LogP contribution in [0.2, 0.25) is 0 Å². The maximum atomic E-state index is 12.7. The van der Waals surface area contributed by atoms with Gasteiger partial charge in [-0.05, 0) is 28.6 Å². The summed E-state index contributed by atoms with van der Waals surface area (Å²) >= 11 is 0. The summed E-state index contributed by atoms with van der Waals surface area (Å²) in [6.45, 7) is -0.287. The third kappa shape index (κ3) is 3.10. The molecule has 0 unspecified atom stereocenters. The lowest BCUT2D eigenvalue weighted by Gasteiger charge is -2.09. The number of benzene rings is 1. The van der Waals surface area contributed by atoms with Gasteiger partial charge < -0.3 is 0 Å². The molecule has 7 nitrogen and oxygen atoms in total. The molecule has 1 aromatic carbocycles. The molecule has 0 aliphatic heterocycles. The Bertz CT molecular complexity index is 871. The van der Waals surface area contributed by atoms with Crippen molar-refractivity contribution >= 4 is 0 Å². The summed E-state index contributed by atoms with van der Waals surface area (Å²) in [7, 11) is 0. The quantitative estimate of drug-likeness (QED) is 0.726. The number of hydrogen-bond donors (Lipinski definition) is 0. The van der Waals surface area contributed by atoms with E-state index < -0.39 is 17.4 Å². The van der Waals surface area contributed by atoms with E-state index in [9.17, 15) is 18.0 Å². The first-order valence-corrected chi connectivity index (χ1v) is 6.43. The molecule has 2 aromatic heterocycles. The first kappa shape index (κ1) is 14.9. The van der Waals surface area contributed by atoms with Gasteiger partial charge in [0.15, 0.2) is 11.5 Å². The van der Waals surface area contributed by atoms with Crippen molar-refractivity contribution < 1.29 is 13.2 Å². The fourth-order valence-corrected chi connectivity index (χ4v) is 1.92. The number of hydrogen-bond acceptors (Lipinski definition) is 5. The number of aromatic nitrogens is 6. The molecule has 0 aliphatic carbocycles. The standard InChI is InChI=1S/C13H9F3N6O/c14-13(15,16)10-6-7-12(23)21(18-10)8-11-17-19-20-22(11)9-4-2-1-3-5-9/h1-7H,8H2. The summed E-state index contributed by atoms with van der Waals surface area (Å²) in [5.74, 6) is 0.185. The van der Waals surface area contributed by atoms with Gasteiger partial charge in [-0.2, -0.15) is 23.0 Å². The zero-order valence-corrected chi connectivity index (χ0v) is 11.5. The molecule has 10 heteroatoms. The number of para-hydroxylation sites is 1. The SMILES string of the molecule is O=c1ccc(C(F)(F)F)nn1Cc1nnnn1-c1ccccc1. The predicted octanol–water partition coefficient (Wildman–Crippen LogP) is 1.29. The van der Waals surface area contributed by atoms with Crippen LogP contribution in [0, 0.1) is 0 Å². The highest BCUT2D eigenvalue weighted by Gasteiger charge is 2.33. The largest absolute Gasteiger partial charge is 0.435 e. The first-order chi connectivity index (χ1) is 10.9. The Balaban J connectivity index is 1.98. The normalized spacial score (nSPS) is 11.6. The van der Waals surface area contributed by atoms with E-state index in [1.54, 1.807) is 30.3 Å². The molecule has 3 rings (SSSR count). The number of rotatable bonds is 3. The van der Waals surface area contributed by atoms with Crippen LogP contribution in [0.3, 0.4) is 0 Å². The van der Waals surface area contributed by atoms with Crippen LogP contribution in [0.1, 0.15) is 11.5 Å². The second kappa shape index (κ2) is 5.63. The van der Waals surface area contributed by atoms with Crippen molar-refractivity contribution in [1.82, 2.24) is 30.0 Å². The summed E-state index contributed by atoms with van der Waals surface area (Å²) in [6, 6.07) is 10.2. The monoisotopic (exact) mass is 322 g/mol. The first-order valence-electron chi connectivity index (χ1n) is 6.43. The second-order valence-electron chi connectivity index (χ2n) is 4.55. The maximum absolute atomic E-state index is 12.7. The highest BCUT2D eigenvalue weighted by Crippen LogP contribution is 2.26. The van der Waals surface area contributed by atoms with E-state index in [0.29, 0.717) is 16.4 Å². The van der Waals surface area contributed by atoms with Gasteiger partial charge in [-0.1, -0.05) is 18.2 Å². The van der Waals surface area contributed by atoms with Gasteiger partial charge in [0.05, 0.1) is 5.69 Å². The number of halogens is 3. The lowest BCUT2D eigenvalue weighted by Crippen LogP contribution is -2.27. The van der Waals surface area contributed by atoms with Crippen molar-refractivity contribution in [3.05, 3.63) is 64.3 Å². The van der Waals surface area contributed by atoms with Crippen LogP contribution in [0.25, 0.3) is 5.69 Å².